The van der Waals surface area contributed by atoms with E-state index in [4.69, 9.17) is 24.7 Å². The molecule has 5 heterocycles. The van der Waals surface area contributed by atoms with Gasteiger partial charge >= 0.3 is 12.1 Å². The second-order valence-corrected chi connectivity index (χ2v) is 20.4. The number of amides is 3. The molecule has 3 amide bonds. The fraction of sp³-hybridized carbons (Fsp3) is 0.537. The zero-order chi connectivity index (χ0) is 51.1. The van der Waals surface area contributed by atoms with Crippen LogP contribution in [0.4, 0.5) is 27.7 Å². The number of hydrogen-bond donors (Lipinski definition) is 4. The number of benzene rings is 2. The van der Waals surface area contributed by atoms with Crippen LogP contribution >= 0.6 is 0 Å². The van der Waals surface area contributed by atoms with E-state index < -0.39 is 29.4 Å². The number of pyridine rings is 1. The predicted molar refractivity (Wildman–Crippen MR) is 275 cm³/mol. The van der Waals surface area contributed by atoms with Crippen molar-refractivity contribution in [3.05, 3.63) is 78.5 Å². The summed E-state index contributed by atoms with van der Waals surface area (Å²) < 4.78 is 24.3. The van der Waals surface area contributed by atoms with Crippen LogP contribution in [0.3, 0.4) is 0 Å². The summed E-state index contributed by atoms with van der Waals surface area (Å²) in [6, 6.07) is 20.9. The SMILES string of the molecule is CCOC(=O)C1(C(=O)N[C@@H](CCCCN(C)C)C(=O)Nc2ccc(COc3ccccc3-c3cc(N4CC5CCC(C4)N5c4ccnc(OC5CC(OC6CCN(C(=O)O)CC6)C5)c4)c(N)nn3)cc2)CCC1. The average Bonchev–Trinajstić information content (AvgIpc) is 3.62. The highest BCUT2D eigenvalue weighted by molar-refractivity contribution is 6.06. The Morgan fingerprint density at radius 2 is 1.64 bits per heavy atom. The number of nitrogen functional groups attached to an aromatic ring is 1. The Hall–Kier alpha value is -6.73. The first-order valence-electron chi connectivity index (χ1n) is 26.0. The highest BCUT2D eigenvalue weighted by Gasteiger charge is 2.53. The van der Waals surface area contributed by atoms with Crippen LogP contribution in [-0.2, 0) is 30.5 Å². The Balaban J connectivity index is 0.787. The fourth-order valence-electron chi connectivity index (χ4n) is 10.8. The van der Waals surface area contributed by atoms with Crippen molar-refractivity contribution in [2.75, 3.05) is 74.3 Å². The summed E-state index contributed by atoms with van der Waals surface area (Å²) >= 11 is 0. The maximum absolute atomic E-state index is 13.7. The second-order valence-electron chi connectivity index (χ2n) is 20.4. The summed E-state index contributed by atoms with van der Waals surface area (Å²) in [6.45, 7) is 5.55. The number of nitrogens with two attached hydrogens (primary N) is 1. The van der Waals surface area contributed by atoms with Crippen LogP contribution in [0.25, 0.3) is 11.3 Å². The van der Waals surface area contributed by atoms with Crippen LogP contribution in [0.15, 0.2) is 72.9 Å². The molecular formula is C54H70N10O9. The lowest BCUT2D eigenvalue weighted by Gasteiger charge is -2.43. The van der Waals surface area contributed by atoms with E-state index in [-0.39, 0.29) is 49.5 Å². The van der Waals surface area contributed by atoms with Gasteiger partial charge in [0.1, 0.15) is 29.9 Å². The number of ether oxygens (including phenoxy) is 4. The quantitative estimate of drug-likeness (QED) is 0.0396. The minimum Gasteiger partial charge on any atom is -0.488 e. The summed E-state index contributed by atoms with van der Waals surface area (Å²) in [5.74, 6) is 0.286. The molecule has 3 aliphatic heterocycles. The fourth-order valence-corrected chi connectivity index (χ4v) is 10.8. The first kappa shape index (κ1) is 51.2. The largest absolute Gasteiger partial charge is 0.488 e. The topological polar surface area (TPSA) is 227 Å². The molecule has 4 aromatic rings. The Kier molecular flexibility index (Phi) is 16.1. The molecule has 5 aliphatic rings. The molecule has 19 nitrogen and oxygen atoms in total. The molecule has 5 N–H and O–H groups in total. The molecule has 5 fully saturated rings. The van der Waals surface area contributed by atoms with Crippen molar-refractivity contribution in [2.45, 2.75) is 127 Å². The molecular weight excluding hydrogens is 933 g/mol. The summed E-state index contributed by atoms with van der Waals surface area (Å²) in [4.78, 5) is 64.3. The van der Waals surface area contributed by atoms with Gasteiger partial charge in [-0.15, -0.1) is 10.2 Å². The molecule has 0 spiro atoms. The van der Waals surface area contributed by atoms with Gasteiger partial charge in [-0.25, -0.2) is 9.78 Å². The predicted octanol–water partition coefficient (Wildman–Crippen LogP) is 6.51. The Morgan fingerprint density at radius 3 is 2.33 bits per heavy atom. The maximum atomic E-state index is 13.7. The number of fused-ring (bicyclic) bond motifs is 2. The van der Waals surface area contributed by atoms with Gasteiger partial charge in [0.25, 0.3) is 0 Å². The van der Waals surface area contributed by atoms with Crippen LogP contribution in [-0.4, -0.2) is 144 Å². The van der Waals surface area contributed by atoms with E-state index in [9.17, 15) is 24.3 Å². The second kappa shape index (κ2) is 23.0. The molecule has 2 saturated carbocycles. The highest BCUT2D eigenvalue weighted by Crippen LogP contribution is 2.43. The van der Waals surface area contributed by atoms with E-state index in [1.54, 1.807) is 6.92 Å². The van der Waals surface area contributed by atoms with Gasteiger partial charge < -0.3 is 60.0 Å². The number of anilines is 4. The van der Waals surface area contributed by atoms with Crippen molar-refractivity contribution in [1.82, 2.24) is 30.3 Å². The average molecular weight is 1000 g/mol. The van der Waals surface area contributed by atoms with Crippen molar-refractivity contribution < 1.29 is 43.2 Å². The van der Waals surface area contributed by atoms with Gasteiger partial charge in [-0.3, -0.25) is 14.4 Å². The Bertz CT molecular complexity index is 2550. The van der Waals surface area contributed by atoms with Crippen LogP contribution in [0.2, 0.25) is 0 Å². The molecule has 2 unspecified atom stereocenters. The van der Waals surface area contributed by atoms with Gasteiger partial charge in [0, 0.05) is 80.3 Å². The minimum atomic E-state index is -1.24. The van der Waals surface area contributed by atoms with Crippen molar-refractivity contribution in [1.29, 1.82) is 0 Å². The molecule has 3 atom stereocenters. The highest BCUT2D eigenvalue weighted by atomic mass is 16.5. The molecule has 2 aromatic heterocycles. The van der Waals surface area contributed by atoms with E-state index in [1.807, 2.05) is 74.9 Å². The number of nitrogens with zero attached hydrogens (tertiary/aromatic N) is 7. The smallest absolute Gasteiger partial charge is 0.407 e. The lowest BCUT2D eigenvalue weighted by atomic mass is 9.68. The number of esters is 1. The number of piperazine rings is 1. The molecule has 73 heavy (non-hydrogen) atoms. The standard InChI is InChI=1S/C54H70N10O9/c1-4-70-52(67)54(22-9-23-54)51(66)58-44(11-7-8-25-61(2)3)50(65)57-36-15-13-35(14-16-36)34-71-47-12-6-5-10-43(47)45-31-46(49(55)60-59-45)63-32-38-17-18-39(33-63)64(38)37-19-24-56-48(28-37)73-42-29-41(30-42)72-40-20-26-62(27-21-40)53(68)69/h5-6,10,12-16,19,24,28,31,38-42,44H,4,7-9,11,17-18,20-23,25-27,29-30,32-34H2,1-3H3,(H2,55,60)(H,57,65)(H,58,66)(H,68,69)/t38?,39?,41?,42?,44-/m0/s1. The molecule has 19 heteroatoms. The summed E-state index contributed by atoms with van der Waals surface area (Å²) in [7, 11) is 3.99. The van der Waals surface area contributed by atoms with Gasteiger partial charge in [0.05, 0.1) is 30.2 Å². The summed E-state index contributed by atoms with van der Waals surface area (Å²) in [5, 5.41) is 24.1. The third kappa shape index (κ3) is 12.0. The number of para-hydroxylation sites is 1. The van der Waals surface area contributed by atoms with E-state index in [2.05, 4.69) is 52.6 Å². The monoisotopic (exact) mass is 1000 g/mol. The van der Waals surface area contributed by atoms with Crippen molar-refractivity contribution in [3.63, 3.8) is 0 Å². The third-order valence-electron chi connectivity index (χ3n) is 15.1. The molecule has 3 saturated heterocycles. The number of aromatic nitrogens is 3. The normalized spacial score (nSPS) is 21.7. The van der Waals surface area contributed by atoms with Crippen molar-refractivity contribution in [3.8, 4) is 22.9 Å². The molecule has 390 valence electrons. The summed E-state index contributed by atoms with van der Waals surface area (Å²) in [6.07, 6.45) is 9.86. The number of nitrogens with one attached hydrogen (secondary N) is 2. The van der Waals surface area contributed by atoms with Gasteiger partial charge in [-0.05, 0) is 127 Å². The zero-order valence-corrected chi connectivity index (χ0v) is 42.2. The van der Waals surface area contributed by atoms with Crippen LogP contribution in [0.5, 0.6) is 11.6 Å². The van der Waals surface area contributed by atoms with Gasteiger partial charge in [-0.1, -0.05) is 30.7 Å². The number of unbranched alkanes of at least 4 members (excludes halogenated alkanes) is 1. The first-order valence-corrected chi connectivity index (χ1v) is 26.0. The van der Waals surface area contributed by atoms with E-state index >= 15 is 0 Å². The first-order chi connectivity index (χ1) is 35.3. The van der Waals surface area contributed by atoms with Gasteiger partial charge in [-0.2, -0.15) is 0 Å². The molecule has 9 rings (SSSR count). The number of rotatable bonds is 21. The Morgan fingerprint density at radius 1 is 0.904 bits per heavy atom. The minimum absolute atomic E-state index is 0.0305. The lowest BCUT2D eigenvalue weighted by molar-refractivity contribution is -0.167. The number of piperidine rings is 1. The number of hydrogen-bond acceptors (Lipinski definition) is 15. The number of carboxylic acid groups (broad SMARTS) is 1. The van der Waals surface area contributed by atoms with Crippen molar-refractivity contribution >= 4 is 46.8 Å². The molecule has 0 radical (unpaired) electrons. The number of likely N-dealkylation sites (tertiary alicyclic amines) is 1. The van der Waals surface area contributed by atoms with Crippen molar-refractivity contribution in [2.24, 2.45) is 5.41 Å². The third-order valence-corrected chi connectivity index (χ3v) is 15.1. The molecule has 2 aliphatic carbocycles. The van der Waals surface area contributed by atoms with Gasteiger partial charge in [0.15, 0.2) is 5.82 Å². The number of carbonyl (C=O) groups excluding carboxylic acids is 3. The van der Waals surface area contributed by atoms with Crippen LogP contribution in [0.1, 0.15) is 89.5 Å². The summed E-state index contributed by atoms with van der Waals surface area (Å²) in [5.41, 5.74) is 10.1. The molecule has 2 aromatic carbocycles. The zero-order valence-electron chi connectivity index (χ0n) is 42.2. The number of carbonyl (C=O) groups is 4. The molecule has 2 bridgehead atoms. The lowest BCUT2D eigenvalue weighted by Crippen LogP contribution is -2.56. The van der Waals surface area contributed by atoms with E-state index in [0.717, 1.165) is 99.9 Å². The Labute approximate surface area is 427 Å². The van der Waals surface area contributed by atoms with E-state index in [1.165, 1.54) is 4.90 Å². The van der Waals surface area contributed by atoms with E-state index in [0.29, 0.717) is 61.2 Å². The van der Waals surface area contributed by atoms with Crippen LogP contribution in [0, 0.1) is 5.41 Å². The van der Waals surface area contributed by atoms with Crippen LogP contribution < -0.4 is 35.6 Å². The van der Waals surface area contributed by atoms with Gasteiger partial charge in [0.2, 0.25) is 17.7 Å². The maximum Gasteiger partial charge on any atom is 0.407 e.